The van der Waals surface area contributed by atoms with Crippen molar-refractivity contribution >= 4 is 33.8 Å². The highest BCUT2D eigenvalue weighted by Gasteiger charge is 2.24. The van der Waals surface area contributed by atoms with E-state index in [0.717, 1.165) is 12.1 Å². The van der Waals surface area contributed by atoms with Crippen LogP contribution < -0.4 is 0 Å². The average Bonchev–Trinajstić information content (AvgIpc) is 2.42. The molecule has 5 nitrogen and oxygen atoms in total. The molecule has 21 heavy (non-hydrogen) atoms. The molecule has 0 atom stereocenters. The largest absolute Gasteiger partial charge is 0.342 e. The Balaban J connectivity index is 2.78. The van der Waals surface area contributed by atoms with Gasteiger partial charge in [0.1, 0.15) is 16.3 Å². The highest BCUT2D eigenvalue weighted by molar-refractivity contribution is 9.10. The van der Waals surface area contributed by atoms with E-state index in [9.17, 15) is 18.9 Å². The van der Waals surface area contributed by atoms with E-state index in [4.69, 9.17) is 12.2 Å². The number of nitrogens with one attached hydrogen (secondary N) is 1. The maximum absolute atomic E-state index is 14.2. The van der Waals surface area contributed by atoms with Gasteiger partial charge in [0, 0.05) is 11.8 Å². The van der Waals surface area contributed by atoms with Crippen LogP contribution in [0.4, 0.5) is 14.5 Å². The van der Waals surface area contributed by atoms with Gasteiger partial charge in [-0.1, -0.05) is 19.1 Å². The first-order chi connectivity index (χ1) is 9.86. The lowest BCUT2D eigenvalue weighted by Gasteiger charge is -2.08. The summed E-state index contributed by atoms with van der Waals surface area (Å²) in [6, 6.07) is 1.59. The van der Waals surface area contributed by atoms with Gasteiger partial charge in [-0.2, -0.15) is 4.39 Å². The van der Waals surface area contributed by atoms with Gasteiger partial charge in [0.05, 0.1) is 15.0 Å². The Morgan fingerprint density at radius 2 is 2.14 bits per heavy atom. The maximum atomic E-state index is 14.2. The van der Waals surface area contributed by atoms with Gasteiger partial charge < -0.3 is 4.98 Å². The van der Waals surface area contributed by atoms with Gasteiger partial charge in [-0.05, 0) is 28.4 Å². The third-order valence-corrected chi connectivity index (χ3v) is 4.21. The Labute approximate surface area is 131 Å². The summed E-state index contributed by atoms with van der Waals surface area (Å²) in [5, 5.41) is 10.7. The number of aryl methyl sites for hydroxylation is 1. The molecule has 0 fully saturated rings. The molecule has 0 aliphatic rings. The van der Waals surface area contributed by atoms with Crippen LogP contribution in [0.5, 0.6) is 0 Å². The minimum atomic E-state index is -1.29. The van der Waals surface area contributed by atoms with Crippen molar-refractivity contribution in [3.05, 3.63) is 48.7 Å². The number of hydrogen-bond acceptors (Lipinski definition) is 4. The summed E-state index contributed by atoms with van der Waals surface area (Å²) in [6.45, 7) is 1.81. The van der Waals surface area contributed by atoms with Crippen LogP contribution in [0.2, 0.25) is 0 Å². The molecule has 0 unspecified atom stereocenters. The number of aromatic amines is 1. The van der Waals surface area contributed by atoms with Gasteiger partial charge in [-0.25, -0.2) is 9.37 Å². The molecule has 9 heteroatoms. The Bertz CT molecular complexity index is 795. The Morgan fingerprint density at radius 3 is 2.71 bits per heavy atom. The van der Waals surface area contributed by atoms with E-state index in [-0.39, 0.29) is 10.5 Å². The highest BCUT2D eigenvalue weighted by atomic mass is 79.9. The number of rotatable bonds is 3. The second-order valence-electron chi connectivity index (χ2n) is 4.05. The Morgan fingerprint density at radius 1 is 1.48 bits per heavy atom. The Kier molecular flexibility index (Phi) is 4.43. The molecule has 0 amide bonds. The third-order valence-electron chi connectivity index (χ3n) is 2.79. The Hall–Kier alpha value is -1.74. The molecule has 0 bridgehead atoms. The van der Waals surface area contributed by atoms with Gasteiger partial charge >= 0.3 is 5.69 Å². The SMILES string of the molecule is CCc1[nH]c(-c2c(F)ccc([N+](=O)[O-])c2F)nc(=S)c1Br. The number of nitrogens with zero attached hydrogens (tertiary/aromatic N) is 2. The standard InChI is InChI=1S/C12H8BrF2N3O2S/c1-2-6-9(13)12(21)17-11(16-6)8-5(14)3-4-7(10(8)15)18(19)20/h3-4H,2H2,1H3,(H,16,17,21). The number of hydrogen-bond donors (Lipinski definition) is 1. The topological polar surface area (TPSA) is 71.8 Å². The van der Waals surface area contributed by atoms with Gasteiger partial charge in [-0.15, -0.1) is 0 Å². The molecule has 1 aromatic heterocycles. The molecule has 0 aliphatic heterocycles. The fraction of sp³-hybridized carbons (Fsp3) is 0.167. The highest BCUT2D eigenvalue weighted by Crippen LogP contribution is 2.30. The van der Waals surface area contributed by atoms with Crippen LogP contribution in [-0.2, 0) is 6.42 Å². The van der Waals surface area contributed by atoms with E-state index < -0.39 is 27.8 Å². The zero-order valence-corrected chi connectivity index (χ0v) is 13.0. The molecular formula is C12H8BrF2N3O2S. The van der Waals surface area contributed by atoms with Crippen molar-refractivity contribution in [3.63, 3.8) is 0 Å². The predicted molar refractivity (Wildman–Crippen MR) is 78.5 cm³/mol. The fourth-order valence-corrected chi connectivity index (χ4v) is 2.45. The molecule has 0 saturated heterocycles. The van der Waals surface area contributed by atoms with E-state index >= 15 is 0 Å². The van der Waals surface area contributed by atoms with E-state index in [1.54, 1.807) is 0 Å². The van der Waals surface area contributed by atoms with Crippen molar-refractivity contribution in [3.8, 4) is 11.4 Å². The van der Waals surface area contributed by atoms with Crippen molar-refractivity contribution in [2.75, 3.05) is 0 Å². The summed E-state index contributed by atoms with van der Waals surface area (Å²) in [4.78, 5) is 16.4. The lowest BCUT2D eigenvalue weighted by molar-refractivity contribution is -0.387. The van der Waals surface area contributed by atoms with Crippen molar-refractivity contribution in [1.29, 1.82) is 0 Å². The molecule has 2 rings (SSSR count). The van der Waals surface area contributed by atoms with Crippen molar-refractivity contribution in [2.45, 2.75) is 13.3 Å². The van der Waals surface area contributed by atoms with Gasteiger partial charge in [0.25, 0.3) is 0 Å². The van der Waals surface area contributed by atoms with Crippen molar-refractivity contribution < 1.29 is 13.7 Å². The minimum absolute atomic E-state index is 0.117. The predicted octanol–water partition coefficient (Wildman–Crippen LogP) is 4.32. The van der Waals surface area contributed by atoms with Crippen LogP contribution >= 0.6 is 28.1 Å². The number of H-pyrrole nitrogens is 1. The van der Waals surface area contributed by atoms with E-state index in [0.29, 0.717) is 16.6 Å². The number of benzene rings is 1. The van der Waals surface area contributed by atoms with Crippen LogP contribution in [0.25, 0.3) is 11.4 Å². The first-order valence-corrected chi connectivity index (χ1v) is 6.98. The number of aromatic nitrogens is 2. The van der Waals surface area contributed by atoms with Crippen molar-refractivity contribution in [1.82, 2.24) is 9.97 Å². The molecular weight excluding hydrogens is 368 g/mol. The smallest absolute Gasteiger partial charge is 0.305 e. The lowest BCUT2D eigenvalue weighted by Crippen LogP contribution is -2.03. The lowest BCUT2D eigenvalue weighted by atomic mass is 10.1. The molecule has 1 aromatic carbocycles. The van der Waals surface area contributed by atoms with Crippen LogP contribution in [0.1, 0.15) is 12.6 Å². The molecule has 110 valence electrons. The molecule has 2 aromatic rings. The molecule has 0 aliphatic carbocycles. The number of nitro groups is 1. The molecule has 0 spiro atoms. The zero-order valence-electron chi connectivity index (χ0n) is 10.6. The molecule has 0 saturated carbocycles. The van der Waals surface area contributed by atoms with E-state index in [1.807, 2.05) is 6.92 Å². The van der Waals surface area contributed by atoms with Crippen LogP contribution in [0.15, 0.2) is 16.6 Å². The van der Waals surface area contributed by atoms with Crippen LogP contribution in [0, 0.1) is 26.4 Å². The third kappa shape index (κ3) is 2.84. The zero-order chi connectivity index (χ0) is 15.7. The van der Waals surface area contributed by atoms with Gasteiger partial charge in [0.15, 0.2) is 0 Å². The van der Waals surface area contributed by atoms with Crippen LogP contribution in [-0.4, -0.2) is 14.9 Å². The van der Waals surface area contributed by atoms with E-state index in [2.05, 4.69) is 25.9 Å². The minimum Gasteiger partial charge on any atom is -0.342 e. The molecule has 1 N–H and O–H groups in total. The van der Waals surface area contributed by atoms with Crippen molar-refractivity contribution in [2.24, 2.45) is 0 Å². The summed E-state index contributed by atoms with van der Waals surface area (Å²) in [6.07, 6.45) is 0.512. The average molecular weight is 376 g/mol. The first-order valence-electron chi connectivity index (χ1n) is 5.78. The summed E-state index contributed by atoms with van der Waals surface area (Å²) in [7, 11) is 0. The quantitative estimate of drug-likeness (QED) is 0.492. The van der Waals surface area contributed by atoms with E-state index in [1.165, 1.54) is 0 Å². The summed E-state index contributed by atoms with van der Waals surface area (Å²) in [5.41, 5.74) is -0.832. The number of halogens is 3. The maximum Gasteiger partial charge on any atom is 0.305 e. The second kappa shape index (κ2) is 5.94. The van der Waals surface area contributed by atoms with Gasteiger partial charge in [0.2, 0.25) is 5.82 Å². The van der Waals surface area contributed by atoms with Crippen LogP contribution in [0.3, 0.4) is 0 Å². The number of nitro benzene ring substituents is 1. The summed E-state index contributed by atoms with van der Waals surface area (Å²) in [5.74, 6) is -2.43. The van der Waals surface area contributed by atoms with Gasteiger partial charge in [-0.3, -0.25) is 10.1 Å². The molecule has 1 heterocycles. The fourth-order valence-electron chi connectivity index (χ4n) is 1.77. The summed E-state index contributed by atoms with van der Waals surface area (Å²) < 4.78 is 28.7. The second-order valence-corrected chi connectivity index (χ2v) is 5.23. The first kappa shape index (κ1) is 15.6. The monoisotopic (exact) mass is 375 g/mol. The summed E-state index contributed by atoms with van der Waals surface area (Å²) >= 11 is 8.24. The molecule has 0 radical (unpaired) electrons. The normalized spacial score (nSPS) is 10.7.